The molecule has 0 bridgehead atoms. The summed E-state index contributed by atoms with van der Waals surface area (Å²) in [6, 6.07) is 7.46. The molecule has 1 aromatic rings. The van der Waals surface area contributed by atoms with Crippen LogP contribution in [-0.2, 0) is 15.4 Å². The van der Waals surface area contributed by atoms with E-state index in [1.165, 1.54) is 0 Å². The average Bonchev–Trinajstić information content (AvgIpc) is 2.27. The third kappa shape index (κ3) is 4.30. The SMILES string of the molecule is CCS(=O)(=O)NCC(C)(C)c1ccc(Cl)cc1. The first-order chi connectivity index (χ1) is 7.77. The van der Waals surface area contributed by atoms with E-state index in [1.807, 2.05) is 38.1 Å². The maximum atomic E-state index is 11.4. The lowest BCUT2D eigenvalue weighted by molar-refractivity contribution is 0.502. The quantitative estimate of drug-likeness (QED) is 0.898. The van der Waals surface area contributed by atoms with Crippen LogP contribution in [0.4, 0.5) is 0 Å². The number of hydrogen-bond donors (Lipinski definition) is 1. The molecule has 1 rings (SSSR count). The predicted molar refractivity (Wildman–Crippen MR) is 71.9 cm³/mol. The summed E-state index contributed by atoms with van der Waals surface area (Å²) in [5, 5.41) is 0.679. The number of rotatable bonds is 5. The van der Waals surface area contributed by atoms with E-state index in [2.05, 4.69) is 4.72 Å². The van der Waals surface area contributed by atoms with Gasteiger partial charge >= 0.3 is 0 Å². The first-order valence-electron chi connectivity index (χ1n) is 5.50. The highest BCUT2D eigenvalue weighted by molar-refractivity contribution is 7.89. The molecule has 0 fully saturated rings. The monoisotopic (exact) mass is 275 g/mol. The van der Waals surface area contributed by atoms with Gasteiger partial charge in [0, 0.05) is 17.0 Å². The second-order valence-corrected chi connectivity index (χ2v) is 7.15. The number of sulfonamides is 1. The minimum atomic E-state index is -3.14. The minimum absolute atomic E-state index is 0.101. The van der Waals surface area contributed by atoms with E-state index in [0.29, 0.717) is 11.6 Å². The molecule has 0 saturated heterocycles. The summed E-state index contributed by atoms with van der Waals surface area (Å²) in [5.74, 6) is 0.101. The van der Waals surface area contributed by atoms with Crippen LogP contribution in [0.3, 0.4) is 0 Å². The maximum Gasteiger partial charge on any atom is 0.211 e. The third-order valence-electron chi connectivity index (χ3n) is 2.74. The van der Waals surface area contributed by atoms with Crippen molar-refractivity contribution in [1.82, 2.24) is 4.72 Å². The Labute approximate surface area is 108 Å². The lowest BCUT2D eigenvalue weighted by Crippen LogP contribution is -2.37. The lowest BCUT2D eigenvalue weighted by atomic mass is 9.85. The Morgan fingerprint density at radius 2 is 1.76 bits per heavy atom. The van der Waals surface area contributed by atoms with E-state index in [1.54, 1.807) is 6.92 Å². The molecule has 0 aliphatic carbocycles. The maximum absolute atomic E-state index is 11.4. The zero-order valence-electron chi connectivity index (χ0n) is 10.3. The fourth-order valence-corrected chi connectivity index (χ4v) is 2.31. The van der Waals surface area contributed by atoms with Crippen molar-refractivity contribution in [2.75, 3.05) is 12.3 Å². The molecule has 5 heteroatoms. The van der Waals surface area contributed by atoms with Crippen molar-refractivity contribution in [1.29, 1.82) is 0 Å². The molecule has 1 aromatic carbocycles. The van der Waals surface area contributed by atoms with Crippen LogP contribution < -0.4 is 4.72 Å². The molecule has 0 aliphatic rings. The summed E-state index contributed by atoms with van der Waals surface area (Å²) in [7, 11) is -3.14. The Hall–Kier alpha value is -0.580. The van der Waals surface area contributed by atoms with Crippen molar-refractivity contribution >= 4 is 21.6 Å². The van der Waals surface area contributed by atoms with Gasteiger partial charge in [-0.2, -0.15) is 0 Å². The summed E-state index contributed by atoms with van der Waals surface area (Å²) in [6.07, 6.45) is 0. The Morgan fingerprint density at radius 3 is 2.24 bits per heavy atom. The first kappa shape index (κ1) is 14.5. The average molecular weight is 276 g/mol. The van der Waals surface area contributed by atoms with Gasteiger partial charge in [-0.1, -0.05) is 37.6 Å². The minimum Gasteiger partial charge on any atom is -0.214 e. The molecule has 0 radical (unpaired) electrons. The van der Waals surface area contributed by atoms with Gasteiger partial charge in [0.05, 0.1) is 5.75 Å². The van der Waals surface area contributed by atoms with Crippen LogP contribution in [0.1, 0.15) is 26.3 Å². The van der Waals surface area contributed by atoms with Crippen LogP contribution in [-0.4, -0.2) is 20.7 Å². The predicted octanol–water partition coefficient (Wildman–Crippen LogP) is 2.56. The lowest BCUT2D eigenvalue weighted by Gasteiger charge is -2.25. The summed E-state index contributed by atoms with van der Waals surface area (Å²) >= 11 is 5.82. The molecule has 0 spiro atoms. The molecule has 0 aromatic heterocycles. The van der Waals surface area contributed by atoms with Gasteiger partial charge in [0.1, 0.15) is 0 Å². The Morgan fingerprint density at radius 1 is 1.24 bits per heavy atom. The van der Waals surface area contributed by atoms with Crippen molar-refractivity contribution in [3.8, 4) is 0 Å². The van der Waals surface area contributed by atoms with E-state index in [4.69, 9.17) is 11.6 Å². The van der Waals surface area contributed by atoms with E-state index < -0.39 is 10.0 Å². The molecule has 17 heavy (non-hydrogen) atoms. The molecule has 0 heterocycles. The highest BCUT2D eigenvalue weighted by atomic mass is 35.5. The first-order valence-corrected chi connectivity index (χ1v) is 7.53. The molecule has 3 nitrogen and oxygen atoms in total. The van der Waals surface area contributed by atoms with Crippen molar-refractivity contribution < 1.29 is 8.42 Å². The Bertz CT molecular complexity index is 466. The molecule has 0 aliphatic heterocycles. The Kier molecular flexibility index (Phi) is 4.58. The molecule has 0 amide bonds. The Balaban J connectivity index is 2.78. The number of nitrogens with one attached hydrogen (secondary N) is 1. The third-order valence-corrected chi connectivity index (χ3v) is 4.34. The van der Waals surface area contributed by atoms with E-state index in [0.717, 1.165) is 5.56 Å². The molecule has 0 unspecified atom stereocenters. The van der Waals surface area contributed by atoms with Gasteiger partial charge in [-0.25, -0.2) is 13.1 Å². The molecular formula is C12H18ClNO2S. The van der Waals surface area contributed by atoms with Gasteiger partial charge in [0.15, 0.2) is 0 Å². The van der Waals surface area contributed by atoms with Crippen molar-refractivity contribution in [3.05, 3.63) is 34.9 Å². The fourth-order valence-electron chi connectivity index (χ4n) is 1.40. The van der Waals surface area contributed by atoms with Crippen molar-refractivity contribution in [2.45, 2.75) is 26.2 Å². The smallest absolute Gasteiger partial charge is 0.211 e. The van der Waals surface area contributed by atoms with Crippen LogP contribution >= 0.6 is 11.6 Å². The van der Waals surface area contributed by atoms with Gasteiger partial charge in [-0.05, 0) is 24.6 Å². The van der Waals surface area contributed by atoms with Gasteiger partial charge < -0.3 is 0 Å². The number of hydrogen-bond acceptors (Lipinski definition) is 2. The summed E-state index contributed by atoms with van der Waals surface area (Å²) in [5.41, 5.74) is 0.799. The van der Waals surface area contributed by atoms with Crippen LogP contribution in [0, 0.1) is 0 Å². The molecule has 96 valence electrons. The standard InChI is InChI=1S/C12H18ClNO2S/c1-4-17(15,16)14-9-12(2,3)10-5-7-11(13)8-6-10/h5-8,14H,4,9H2,1-3H3. The van der Waals surface area contributed by atoms with Gasteiger partial charge in [-0.3, -0.25) is 0 Å². The van der Waals surface area contributed by atoms with E-state index >= 15 is 0 Å². The summed E-state index contributed by atoms with van der Waals surface area (Å²) in [4.78, 5) is 0. The van der Waals surface area contributed by atoms with Crippen LogP contribution in [0.2, 0.25) is 5.02 Å². The molecule has 0 saturated carbocycles. The second kappa shape index (κ2) is 5.38. The highest BCUT2D eigenvalue weighted by Gasteiger charge is 2.22. The van der Waals surface area contributed by atoms with Crippen molar-refractivity contribution in [3.63, 3.8) is 0 Å². The molecule has 0 atom stereocenters. The number of benzene rings is 1. The van der Waals surface area contributed by atoms with Crippen LogP contribution in [0.5, 0.6) is 0 Å². The van der Waals surface area contributed by atoms with Gasteiger partial charge in [0.2, 0.25) is 10.0 Å². The fraction of sp³-hybridized carbons (Fsp3) is 0.500. The zero-order chi connectivity index (χ0) is 13.1. The molecule has 1 N–H and O–H groups in total. The molecular weight excluding hydrogens is 258 g/mol. The summed E-state index contributed by atoms with van der Waals surface area (Å²) < 4.78 is 25.4. The van der Waals surface area contributed by atoms with E-state index in [9.17, 15) is 8.42 Å². The van der Waals surface area contributed by atoms with Crippen LogP contribution in [0.25, 0.3) is 0 Å². The van der Waals surface area contributed by atoms with E-state index in [-0.39, 0.29) is 11.2 Å². The summed E-state index contributed by atoms with van der Waals surface area (Å²) in [6.45, 7) is 5.99. The normalized spacial score (nSPS) is 12.7. The van der Waals surface area contributed by atoms with Crippen molar-refractivity contribution in [2.24, 2.45) is 0 Å². The zero-order valence-corrected chi connectivity index (χ0v) is 11.9. The number of halogens is 1. The topological polar surface area (TPSA) is 46.2 Å². The van der Waals surface area contributed by atoms with Crippen LogP contribution in [0.15, 0.2) is 24.3 Å². The van der Waals surface area contributed by atoms with Gasteiger partial charge in [0.25, 0.3) is 0 Å². The van der Waals surface area contributed by atoms with Gasteiger partial charge in [-0.15, -0.1) is 0 Å². The second-order valence-electron chi connectivity index (χ2n) is 4.62. The largest absolute Gasteiger partial charge is 0.214 e. The highest BCUT2D eigenvalue weighted by Crippen LogP contribution is 2.24.